The molecule has 20 heavy (non-hydrogen) atoms. The van der Waals surface area contributed by atoms with Gasteiger partial charge in [-0.1, -0.05) is 35.3 Å². The zero-order valence-corrected chi connectivity index (χ0v) is 12.1. The minimum atomic E-state index is -0.463. The van der Waals surface area contributed by atoms with Crippen molar-refractivity contribution < 1.29 is 9.59 Å². The van der Waals surface area contributed by atoms with E-state index in [4.69, 9.17) is 23.2 Å². The first-order chi connectivity index (χ1) is 9.60. The molecule has 1 atom stereocenters. The smallest absolute Gasteiger partial charge is 0.163 e. The monoisotopic (exact) mass is 306 g/mol. The van der Waals surface area contributed by atoms with E-state index in [1.165, 1.54) is 0 Å². The second kappa shape index (κ2) is 6.69. The maximum Gasteiger partial charge on any atom is 0.163 e. The van der Waals surface area contributed by atoms with Crippen molar-refractivity contribution in [3.63, 3.8) is 0 Å². The fourth-order valence-corrected chi connectivity index (χ4v) is 2.16. The van der Waals surface area contributed by atoms with E-state index in [1.54, 1.807) is 48.5 Å². The standard InChI is InChI=1S/C16H12Cl2O2/c17-14-5-1-11(2-6-14)13(10-19)9-16(20)12-3-7-15(18)8-4-12/h1-8,10,13H,9H2. The molecule has 2 aromatic rings. The lowest BCUT2D eigenvalue weighted by Gasteiger charge is -2.10. The summed E-state index contributed by atoms with van der Waals surface area (Å²) in [5, 5.41) is 1.17. The summed E-state index contributed by atoms with van der Waals surface area (Å²) in [4.78, 5) is 23.3. The molecule has 1 unspecified atom stereocenters. The Bertz CT molecular complexity index is 603. The molecular weight excluding hydrogens is 295 g/mol. The van der Waals surface area contributed by atoms with E-state index in [0.29, 0.717) is 15.6 Å². The maximum absolute atomic E-state index is 12.1. The van der Waals surface area contributed by atoms with Crippen LogP contribution in [-0.2, 0) is 4.79 Å². The average molecular weight is 307 g/mol. The summed E-state index contributed by atoms with van der Waals surface area (Å²) >= 11 is 11.6. The third-order valence-corrected chi connectivity index (χ3v) is 3.54. The quantitative estimate of drug-likeness (QED) is 0.600. The van der Waals surface area contributed by atoms with Crippen LogP contribution in [0.15, 0.2) is 48.5 Å². The van der Waals surface area contributed by atoms with Crippen LogP contribution in [0.5, 0.6) is 0 Å². The Morgan fingerprint density at radius 1 is 0.950 bits per heavy atom. The second-order valence-corrected chi connectivity index (χ2v) is 5.30. The highest BCUT2D eigenvalue weighted by Crippen LogP contribution is 2.22. The Balaban J connectivity index is 2.13. The van der Waals surface area contributed by atoms with Crippen molar-refractivity contribution >= 4 is 35.3 Å². The van der Waals surface area contributed by atoms with Crippen LogP contribution in [0.3, 0.4) is 0 Å². The highest BCUT2D eigenvalue weighted by Gasteiger charge is 2.16. The normalized spacial score (nSPS) is 11.9. The zero-order valence-electron chi connectivity index (χ0n) is 10.6. The van der Waals surface area contributed by atoms with E-state index in [-0.39, 0.29) is 12.2 Å². The fourth-order valence-electron chi connectivity index (χ4n) is 1.91. The molecule has 0 heterocycles. The molecular formula is C16H12Cl2O2. The fraction of sp³-hybridized carbons (Fsp3) is 0.125. The van der Waals surface area contributed by atoms with Crippen LogP contribution in [0.25, 0.3) is 0 Å². The molecule has 0 amide bonds. The zero-order chi connectivity index (χ0) is 14.5. The van der Waals surface area contributed by atoms with Gasteiger partial charge in [0.15, 0.2) is 5.78 Å². The van der Waals surface area contributed by atoms with Gasteiger partial charge < -0.3 is 4.79 Å². The van der Waals surface area contributed by atoms with Crippen LogP contribution in [0.1, 0.15) is 28.3 Å². The minimum Gasteiger partial charge on any atom is -0.303 e. The molecule has 2 rings (SSSR count). The lowest BCUT2D eigenvalue weighted by Crippen LogP contribution is -2.08. The molecule has 2 aromatic carbocycles. The van der Waals surface area contributed by atoms with Gasteiger partial charge in [-0.3, -0.25) is 4.79 Å². The van der Waals surface area contributed by atoms with Crippen molar-refractivity contribution in [3.05, 3.63) is 69.7 Å². The summed E-state index contributed by atoms with van der Waals surface area (Å²) in [6, 6.07) is 13.6. The molecule has 2 nitrogen and oxygen atoms in total. The van der Waals surface area contributed by atoms with Crippen LogP contribution in [-0.4, -0.2) is 12.1 Å². The van der Waals surface area contributed by atoms with E-state index < -0.39 is 5.92 Å². The molecule has 4 heteroatoms. The number of ketones is 1. The lowest BCUT2D eigenvalue weighted by atomic mass is 9.93. The van der Waals surface area contributed by atoms with Crippen molar-refractivity contribution in [3.8, 4) is 0 Å². The largest absolute Gasteiger partial charge is 0.303 e. The number of aldehydes is 1. The van der Waals surface area contributed by atoms with Gasteiger partial charge in [-0.25, -0.2) is 0 Å². The van der Waals surface area contributed by atoms with Crippen LogP contribution in [0.4, 0.5) is 0 Å². The Morgan fingerprint density at radius 3 is 1.95 bits per heavy atom. The van der Waals surface area contributed by atoms with Gasteiger partial charge in [-0.15, -0.1) is 0 Å². The van der Waals surface area contributed by atoms with Gasteiger partial charge in [-0.05, 0) is 42.0 Å². The lowest BCUT2D eigenvalue weighted by molar-refractivity contribution is -0.109. The Morgan fingerprint density at radius 2 is 1.45 bits per heavy atom. The number of Topliss-reactive ketones (excluding diaryl/α,β-unsaturated/α-hetero) is 1. The van der Waals surface area contributed by atoms with Crippen molar-refractivity contribution in [1.29, 1.82) is 0 Å². The van der Waals surface area contributed by atoms with Gasteiger partial charge >= 0.3 is 0 Å². The van der Waals surface area contributed by atoms with Crippen LogP contribution >= 0.6 is 23.2 Å². The molecule has 0 saturated carbocycles. The van der Waals surface area contributed by atoms with E-state index in [0.717, 1.165) is 11.8 Å². The van der Waals surface area contributed by atoms with Gasteiger partial charge in [0.2, 0.25) is 0 Å². The molecule has 0 bridgehead atoms. The van der Waals surface area contributed by atoms with E-state index >= 15 is 0 Å². The molecule has 102 valence electrons. The van der Waals surface area contributed by atoms with Crippen LogP contribution < -0.4 is 0 Å². The number of carbonyl (C=O) groups excluding carboxylic acids is 2. The molecule has 0 saturated heterocycles. The van der Waals surface area contributed by atoms with Crippen LogP contribution in [0.2, 0.25) is 10.0 Å². The summed E-state index contributed by atoms with van der Waals surface area (Å²) in [5.74, 6) is -0.552. The second-order valence-electron chi connectivity index (χ2n) is 4.43. The number of carbonyl (C=O) groups is 2. The third-order valence-electron chi connectivity index (χ3n) is 3.03. The first kappa shape index (κ1) is 14.8. The van der Waals surface area contributed by atoms with E-state index in [2.05, 4.69) is 0 Å². The summed E-state index contributed by atoms with van der Waals surface area (Å²) in [6.45, 7) is 0. The Kier molecular flexibility index (Phi) is 4.94. The summed E-state index contributed by atoms with van der Waals surface area (Å²) < 4.78 is 0. The first-order valence-corrected chi connectivity index (χ1v) is 6.85. The minimum absolute atomic E-state index is 0.0892. The molecule has 0 N–H and O–H groups in total. The maximum atomic E-state index is 12.1. The van der Waals surface area contributed by atoms with Crippen molar-refractivity contribution in [2.24, 2.45) is 0 Å². The van der Waals surface area contributed by atoms with Gasteiger partial charge in [-0.2, -0.15) is 0 Å². The van der Waals surface area contributed by atoms with Gasteiger partial charge in [0.1, 0.15) is 6.29 Å². The summed E-state index contributed by atoms with van der Waals surface area (Å²) in [7, 11) is 0. The molecule has 0 spiro atoms. The van der Waals surface area contributed by atoms with Crippen molar-refractivity contribution in [1.82, 2.24) is 0 Å². The highest BCUT2D eigenvalue weighted by molar-refractivity contribution is 6.30. The molecule has 0 aliphatic heterocycles. The average Bonchev–Trinajstić information content (AvgIpc) is 2.46. The van der Waals surface area contributed by atoms with E-state index in [9.17, 15) is 9.59 Å². The molecule has 0 fully saturated rings. The van der Waals surface area contributed by atoms with E-state index in [1.807, 2.05) is 0 Å². The number of benzene rings is 2. The predicted molar refractivity (Wildman–Crippen MR) is 80.7 cm³/mol. The summed E-state index contributed by atoms with van der Waals surface area (Å²) in [6.07, 6.45) is 0.920. The molecule has 0 aliphatic rings. The Hall–Kier alpha value is -1.64. The van der Waals surface area contributed by atoms with Crippen molar-refractivity contribution in [2.45, 2.75) is 12.3 Å². The van der Waals surface area contributed by atoms with Crippen LogP contribution in [0, 0.1) is 0 Å². The topological polar surface area (TPSA) is 34.1 Å². The van der Waals surface area contributed by atoms with Crippen molar-refractivity contribution in [2.75, 3.05) is 0 Å². The van der Waals surface area contributed by atoms with Gasteiger partial charge in [0.25, 0.3) is 0 Å². The predicted octanol–water partition coefficient (Wildman–Crippen LogP) is 4.55. The van der Waals surface area contributed by atoms with Gasteiger partial charge in [0.05, 0.1) is 0 Å². The molecule has 0 aromatic heterocycles. The number of hydrogen-bond donors (Lipinski definition) is 0. The number of hydrogen-bond acceptors (Lipinski definition) is 2. The third kappa shape index (κ3) is 3.69. The molecule has 0 radical (unpaired) electrons. The Labute approximate surface area is 127 Å². The first-order valence-electron chi connectivity index (χ1n) is 6.09. The highest BCUT2D eigenvalue weighted by atomic mass is 35.5. The molecule has 0 aliphatic carbocycles. The summed E-state index contributed by atoms with van der Waals surface area (Å²) in [5.41, 5.74) is 1.34. The number of halogens is 2. The van der Waals surface area contributed by atoms with Gasteiger partial charge in [0, 0.05) is 27.9 Å². The SMILES string of the molecule is O=CC(CC(=O)c1ccc(Cl)cc1)c1ccc(Cl)cc1. The number of rotatable bonds is 5.